The number of para-hydroxylation sites is 1. The van der Waals surface area contributed by atoms with Gasteiger partial charge in [-0.25, -0.2) is 4.98 Å². The van der Waals surface area contributed by atoms with Crippen molar-refractivity contribution in [1.82, 2.24) is 10.3 Å². The molecule has 4 rings (SSSR count). The largest absolute Gasteiger partial charge is 0.481 e. The van der Waals surface area contributed by atoms with E-state index in [9.17, 15) is 9.59 Å². The second-order valence-corrected chi connectivity index (χ2v) is 9.82. The summed E-state index contributed by atoms with van der Waals surface area (Å²) in [5.41, 5.74) is 4.04. The fraction of sp³-hybridized carbons (Fsp3) is 0.370. The van der Waals surface area contributed by atoms with E-state index in [4.69, 9.17) is 10.1 Å². The summed E-state index contributed by atoms with van der Waals surface area (Å²) in [6, 6.07) is 18.0. The van der Waals surface area contributed by atoms with E-state index in [1.807, 2.05) is 42.5 Å². The maximum atomic E-state index is 12.3. The van der Waals surface area contributed by atoms with Gasteiger partial charge in [-0.1, -0.05) is 44.2 Å². The topological polar surface area (TPSA) is 91.3 Å². The summed E-state index contributed by atoms with van der Waals surface area (Å²) in [4.78, 5) is 27.9. The van der Waals surface area contributed by atoms with Gasteiger partial charge in [-0.15, -0.1) is 0 Å². The Morgan fingerprint density at radius 1 is 1.12 bits per heavy atom. The molecule has 6 nitrogen and oxygen atoms in total. The molecule has 0 unspecified atom stereocenters. The molecule has 33 heavy (non-hydrogen) atoms. The lowest BCUT2D eigenvalue weighted by Gasteiger charge is -2.47. The number of aryl methyl sites for hydroxylation is 1. The lowest BCUT2D eigenvalue weighted by Crippen LogP contribution is -2.38. The van der Waals surface area contributed by atoms with Gasteiger partial charge >= 0.3 is 5.97 Å². The van der Waals surface area contributed by atoms with Gasteiger partial charge in [-0.3, -0.25) is 9.59 Å². The van der Waals surface area contributed by atoms with Crippen LogP contribution < -0.4 is 10.6 Å². The number of nitrogens with zero attached hydrogens (tertiary/aromatic N) is 1. The Morgan fingerprint density at radius 3 is 2.48 bits per heavy atom. The number of carboxylic acid groups (broad SMARTS) is 1. The average Bonchev–Trinajstić information content (AvgIpc) is 2.76. The molecule has 1 atom stereocenters. The lowest BCUT2D eigenvalue weighted by molar-refractivity contribution is -0.136. The molecule has 1 aliphatic rings. The second kappa shape index (κ2) is 9.22. The van der Waals surface area contributed by atoms with Gasteiger partial charge in [-0.05, 0) is 66.5 Å². The molecule has 0 radical (unpaired) electrons. The Morgan fingerprint density at radius 2 is 1.82 bits per heavy atom. The summed E-state index contributed by atoms with van der Waals surface area (Å²) in [7, 11) is 0. The van der Waals surface area contributed by atoms with Gasteiger partial charge in [0.15, 0.2) is 0 Å². The minimum absolute atomic E-state index is 0.0919. The van der Waals surface area contributed by atoms with Gasteiger partial charge in [0.05, 0.1) is 18.0 Å². The minimum atomic E-state index is -0.930. The Bertz CT molecular complexity index is 1160. The molecule has 1 amide bonds. The Kier molecular flexibility index (Phi) is 6.36. The molecule has 3 aromatic rings. The highest BCUT2D eigenvalue weighted by Gasteiger charge is 2.41. The molecule has 1 aliphatic carbocycles. The molecule has 6 heteroatoms. The van der Waals surface area contributed by atoms with Crippen LogP contribution in [0.25, 0.3) is 10.9 Å². The van der Waals surface area contributed by atoms with E-state index >= 15 is 0 Å². The predicted molar refractivity (Wildman–Crippen MR) is 130 cm³/mol. The fourth-order valence-corrected chi connectivity index (χ4v) is 4.81. The highest BCUT2D eigenvalue weighted by atomic mass is 16.4. The van der Waals surface area contributed by atoms with Crippen molar-refractivity contribution in [2.75, 3.05) is 11.9 Å². The second-order valence-electron chi connectivity index (χ2n) is 9.82. The molecule has 0 bridgehead atoms. The number of carbonyl (C=O) groups excluding carboxylic acids is 1. The molecule has 1 saturated carbocycles. The number of fused-ring (bicyclic) bond motifs is 1. The van der Waals surface area contributed by atoms with Crippen LogP contribution in [-0.4, -0.2) is 28.5 Å². The summed E-state index contributed by atoms with van der Waals surface area (Å²) >= 11 is 0. The summed E-state index contributed by atoms with van der Waals surface area (Å²) in [5.74, 6) is 0.173. The number of aliphatic carboxylic acids is 1. The maximum absolute atomic E-state index is 12.3. The number of benzene rings is 2. The molecule has 0 spiro atoms. The van der Waals surface area contributed by atoms with Crippen LogP contribution >= 0.6 is 0 Å². The number of aromatic nitrogens is 1. The first kappa shape index (κ1) is 22.8. The van der Waals surface area contributed by atoms with Crippen LogP contribution in [0.5, 0.6) is 0 Å². The number of rotatable bonds is 8. The third-order valence-corrected chi connectivity index (χ3v) is 6.46. The van der Waals surface area contributed by atoms with Crippen molar-refractivity contribution >= 4 is 28.6 Å². The molecule has 3 N–H and O–H groups in total. The highest BCUT2D eigenvalue weighted by molar-refractivity contribution is 5.94. The van der Waals surface area contributed by atoms with Crippen LogP contribution in [0.4, 0.5) is 5.82 Å². The monoisotopic (exact) mass is 445 g/mol. The fourth-order valence-electron chi connectivity index (χ4n) is 4.81. The number of anilines is 1. The number of hydrogen-bond donors (Lipinski definition) is 3. The molecule has 1 aromatic heterocycles. The van der Waals surface area contributed by atoms with Crippen molar-refractivity contribution in [2.45, 2.75) is 46.1 Å². The van der Waals surface area contributed by atoms with Crippen LogP contribution in [0, 0.1) is 18.3 Å². The van der Waals surface area contributed by atoms with Crippen LogP contribution in [-0.2, 0) is 4.79 Å². The summed E-state index contributed by atoms with van der Waals surface area (Å²) in [5, 5.41) is 16.2. The van der Waals surface area contributed by atoms with Crippen molar-refractivity contribution in [3.63, 3.8) is 0 Å². The molecular formula is C27H31N3O3. The molecule has 1 heterocycles. The van der Waals surface area contributed by atoms with Crippen molar-refractivity contribution in [2.24, 2.45) is 11.3 Å². The summed E-state index contributed by atoms with van der Waals surface area (Å²) in [6.07, 6.45) is 2.15. The number of pyridine rings is 1. The van der Waals surface area contributed by atoms with Crippen LogP contribution in [0.2, 0.25) is 0 Å². The average molecular weight is 446 g/mol. The molecule has 2 aromatic carbocycles. The third-order valence-electron chi connectivity index (χ3n) is 6.46. The normalized spacial score (nSPS) is 16.1. The Balaban J connectivity index is 1.56. The number of carbonyl (C=O) groups is 2. The predicted octanol–water partition coefficient (Wildman–Crippen LogP) is 5.34. The van der Waals surface area contributed by atoms with Gasteiger partial charge in [-0.2, -0.15) is 0 Å². The van der Waals surface area contributed by atoms with E-state index in [1.54, 1.807) is 0 Å². The molecule has 1 fully saturated rings. The number of hydrogen-bond acceptors (Lipinski definition) is 4. The van der Waals surface area contributed by atoms with Crippen molar-refractivity contribution in [1.29, 1.82) is 0 Å². The Hall–Kier alpha value is -3.41. The van der Waals surface area contributed by atoms with Crippen molar-refractivity contribution in [3.05, 3.63) is 71.3 Å². The van der Waals surface area contributed by atoms with Gasteiger partial charge in [0, 0.05) is 17.5 Å². The molecular weight excluding hydrogens is 414 g/mol. The third kappa shape index (κ3) is 5.33. The first-order valence-electron chi connectivity index (χ1n) is 11.4. The van der Waals surface area contributed by atoms with Crippen molar-refractivity contribution in [3.8, 4) is 0 Å². The zero-order valence-electron chi connectivity index (χ0n) is 19.4. The van der Waals surface area contributed by atoms with Gasteiger partial charge in [0.1, 0.15) is 5.82 Å². The number of amides is 1. The first-order valence-corrected chi connectivity index (χ1v) is 11.4. The number of carboxylic acids is 1. The maximum Gasteiger partial charge on any atom is 0.305 e. The summed E-state index contributed by atoms with van der Waals surface area (Å²) < 4.78 is 0. The standard InChI is InChI=1S/C27H31N3O3/c1-17-14-20-6-4-5-7-22(20)29-25(17)30-24(21-15-27(2,3)16-21)18-8-10-19(11-9-18)26(33)28-13-12-23(31)32/h4-11,14,21,24H,12-13,15-16H2,1-3H3,(H,28,33)(H,29,30)(H,31,32)/t24-/m1/s1. The minimum Gasteiger partial charge on any atom is -0.481 e. The van der Waals surface area contributed by atoms with E-state index < -0.39 is 5.97 Å². The van der Waals surface area contributed by atoms with Gasteiger partial charge in [0.2, 0.25) is 0 Å². The zero-order chi connectivity index (χ0) is 23.6. The van der Waals surface area contributed by atoms with Crippen molar-refractivity contribution < 1.29 is 14.7 Å². The van der Waals surface area contributed by atoms with Crippen LogP contribution in [0.1, 0.15) is 60.6 Å². The lowest BCUT2D eigenvalue weighted by atomic mass is 9.61. The van der Waals surface area contributed by atoms with Crippen LogP contribution in [0.3, 0.4) is 0 Å². The van der Waals surface area contributed by atoms with Crippen LogP contribution in [0.15, 0.2) is 54.6 Å². The quantitative estimate of drug-likeness (QED) is 0.435. The first-order chi connectivity index (χ1) is 15.7. The van der Waals surface area contributed by atoms with Gasteiger partial charge in [0.25, 0.3) is 5.91 Å². The van der Waals surface area contributed by atoms with E-state index in [0.717, 1.165) is 40.7 Å². The van der Waals surface area contributed by atoms with E-state index in [-0.39, 0.29) is 24.9 Å². The molecule has 0 saturated heterocycles. The van der Waals surface area contributed by atoms with Gasteiger partial charge < -0.3 is 15.7 Å². The molecule has 172 valence electrons. The van der Waals surface area contributed by atoms with E-state index in [2.05, 4.69) is 43.5 Å². The highest BCUT2D eigenvalue weighted by Crippen LogP contribution is 2.51. The smallest absolute Gasteiger partial charge is 0.305 e. The van der Waals surface area contributed by atoms with E-state index in [0.29, 0.717) is 16.9 Å². The Labute approximate surface area is 194 Å². The number of nitrogens with one attached hydrogen (secondary N) is 2. The van der Waals surface area contributed by atoms with E-state index in [1.165, 1.54) is 0 Å². The summed E-state index contributed by atoms with van der Waals surface area (Å²) in [6.45, 7) is 6.79. The molecule has 0 aliphatic heterocycles. The zero-order valence-corrected chi connectivity index (χ0v) is 19.4. The SMILES string of the molecule is Cc1cc2ccccc2nc1N[C@H](c1ccc(C(=O)NCCC(=O)O)cc1)C1CC(C)(C)C1.